The normalized spacial score (nSPS) is 10.2. The van der Waals surface area contributed by atoms with Crippen LogP contribution in [0.25, 0.3) is 0 Å². The monoisotopic (exact) mass is 262 g/mol. The van der Waals surface area contributed by atoms with E-state index in [0.717, 1.165) is 6.07 Å². The molecule has 5 N–H and O–H groups in total. The maximum atomic E-state index is 13.3. The number of carbonyl (C=O) groups excluding carboxylic acids is 1. The van der Waals surface area contributed by atoms with Crippen molar-refractivity contribution in [1.82, 2.24) is 15.0 Å². The van der Waals surface area contributed by atoms with Gasteiger partial charge in [0.15, 0.2) is 11.6 Å². The van der Waals surface area contributed by atoms with Gasteiger partial charge in [0, 0.05) is 0 Å². The highest BCUT2D eigenvalue weighted by molar-refractivity contribution is 5.98. The molecule has 0 aliphatic heterocycles. The zero-order valence-corrected chi connectivity index (χ0v) is 10.0. The summed E-state index contributed by atoms with van der Waals surface area (Å²) in [7, 11) is 0. The summed E-state index contributed by atoms with van der Waals surface area (Å²) in [5.41, 5.74) is 10.9. The number of nitrogen functional groups attached to an aromatic ring is 1. The average molecular weight is 262 g/mol. The number of rotatable bonds is 3. The maximum absolute atomic E-state index is 13.3. The number of hydrogen-bond donors (Lipinski definition) is 3. The Bertz CT molecular complexity index is 628. The van der Waals surface area contributed by atoms with Gasteiger partial charge in [-0.25, -0.2) is 19.3 Å². The summed E-state index contributed by atoms with van der Waals surface area (Å²) >= 11 is 0. The Morgan fingerprint density at radius 2 is 2.00 bits per heavy atom. The maximum Gasteiger partial charge on any atom is 0.252 e. The van der Waals surface area contributed by atoms with Gasteiger partial charge in [-0.2, -0.15) is 0 Å². The van der Waals surface area contributed by atoms with Crippen molar-refractivity contribution < 1.29 is 9.18 Å². The summed E-state index contributed by atoms with van der Waals surface area (Å²) < 4.78 is 13.3. The summed E-state index contributed by atoms with van der Waals surface area (Å²) in [5, 5.41) is 2.77. The first-order valence-electron chi connectivity index (χ1n) is 5.29. The largest absolute Gasteiger partial charge is 0.381 e. The summed E-state index contributed by atoms with van der Waals surface area (Å²) in [4.78, 5) is 22.9. The summed E-state index contributed by atoms with van der Waals surface area (Å²) in [6, 6.07) is 0.933. The molecule has 0 saturated carbocycles. The number of hydrogen-bond acceptors (Lipinski definition) is 6. The van der Waals surface area contributed by atoms with Crippen LogP contribution in [0.1, 0.15) is 16.2 Å². The first-order valence-corrected chi connectivity index (χ1v) is 5.29. The van der Waals surface area contributed by atoms with E-state index >= 15 is 0 Å². The van der Waals surface area contributed by atoms with Crippen LogP contribution in [0.5, 0.6) is 0 Å². The lowest BCUT2D eigenvalue weighted by Gasteiger charge is -2.10. The second-order valence-electron chi connectivity index (χ2n) is 3.76. The SMILES string of the molecule is Cc1ncc(Nc2nc(N)c(F)cc2C(N)=O)cn1. The van der Waals surface area contributed by atoms with Crippen LogP contribution in [0.15, 0.2) is 18.5 Å². The molecule has 1 amide bonds. The predicted octanol–water partition coefficient (Wildman–Crippen LogP) is 0.744. The predicted molar refractivity (Wildman–Crippen MR) is 67.2 cm³/mol. The van der Waals surface area contributed by atoms with Gasteiger partial charge in [-0.1, -0.05) is 0 Å². The highest BCUT2D eigenvalue weighted by atomic mass is 19.1. The third-order valence-electron chi connectivity index (χ3n) is 2.31. The number of nitrogens with one attached hydrogen (secondary N) is 1. The number of carbonyl (C=O) groups is 1. The van der Waals surface area contributed by atoms with E-state index in [-0.39, 0.29) is 17.2 Å². The third kappa shape index (κ3) is 2.73. The molecule has 8 heteroatoms. The molecular weight excluding hydrogens is 251 g/mol. The van der Waals surface area contributed by atoms with Crippen molar-refractivity contribution in [2.75, 3.05) is 11.1 Å². The van der Waals surface area contributed by atoms with Gasteiger partial charge in [-0.3, -0.25) is 4.79 Å². The second-order valence-corrected chi connectivity index (χ2v) is 3.76. The second kappa shape index (κ2) is 4.84. The standard InChI is InChI=1S/C11H11FN6O/c1-5-15-3-6(4-16-5)17-11-7(10(14)19)2-8(12)9(13)18-11/h2-4H,1H3,(H2,14,19)(H3,13,17,18). The lowest BCUT2D eigenvalue weighted by atomic mass is 10.2. The molecule has 0 fully saturated rings. The minimum Gasteiger partial charge on any atom is -0.381 e. The Morgan fingerprint density at radius 3 is 2.58 bits per heavy atom. The van der Waals surface area contributed by atoms with Crippen LogP contribution in [-0.4, -0.2) is 20.9 Å². The number of aromatic nitrogens is 3. The first-order chi connectivity index (χ1) is 8.97. The van der Waals surface area contributed by atoms with Crippen LogP contribution in [-0.2, 0) is 0 Å². The third-order valence-corrected chi connectivity index (χ3v) is 2.31. The fraction of sp³-hybridized carbons (Fsp3) is 0.0909. The molecule has 98 valence electrons. The quantitative estimate of drug-likeness (QED) is 0.750. The van der Waals surface area contributed by atoms with Crippen molar-refractivity contribution >= 4 is 23.2 Å². The fourth-order valence-corrected chi connectivity index (χ4v) is 1.38. The Kier molecular flexibility index (Phi) is 3.23. The molecule has 7 nitrogen and oxygen atoms in total. The summed E-state index contributed by atoms with van der Waals surface area (Å²) in [5.74, 6) is -1.31. The molecule has 0 bridgehead atoms. The number of aryl methyl sites for hydroxylation is 1. The zero-order chi connectivity index (χ0) is 14.0. The van der Waals surface area contributed by atoms with Gasteiger partial charge in [-0.15, -0.1) is 0 Å². The van der Waals surface area contributed by atoms with Crippen LogP contribution < -0.4 is 16.8 Å². The van der Waals surface area contributed by atoms with Gasteiger partial charge in [0.2, 0.25) is 0 Å². The molecule has 19 heavy (non-hydrogen) atoms. The van der Waals surface area contributed by atoms with E-state index in [0.29, 0.717) is 11.5 Å². The summed E-state index contributed by atoms with van der Waals surface area (Å²) in [6.45, 7) is 1.73. The average Bonchev–Trinajstić information content (AvgIpc) is 2.36. The Hall–Kier alpha value is -2.77. The highest BCUT2D eigenvalue weighted by Gasteiger charge is 2.14. The van der Waals surface area contributed by atoms with Gasteiger partial charge in [0.05, 0.1) is 23.6 Å². The molecule has 0 unspecified atom stereocenters. The van der Waals surface area contributed by atoms with Crippen LogP contribution in [0, 0.1) is 12.7 Å². The van der Waals surface area contributed by atoms with Crippen molar-refractivity contribution in [1.29, 1.82) is 0 Å². The Morgan fingerprint density at radius 1 is 1.37 bits per heavy atom. The molecule has 0 spiro atoms. The number of pyridine rings is 1. The molecule has 0 aliphatic rings. The van der Waals surface area contributed by atoms with E-state index < -0.39 is 11.7 Å². The molecular formula is C11H11FN6O. The van der Waals surface area contributed by atoms with Crippen LogP contribution in [0.3, 0.4) is 0 Å². The number of primary amides is 1. The molecule has 0 aromatic carbocycles. The van der Waals surface area contributed by atoms with Crippen molar-refractivity contribution in [3.63, 3.8) is 0 Å². The number of nitrogens with zero attached hydrogens (tertiary/aromatic N) is 3. The van der Waals surface area contributed by atoms with Crippen molar-refractivity contribution in [2.45, 2.75) is 6.92 Å². The number of anilines is 3. The van der Waals surface area contributed by atoms with E-state index in [9.17, 15) is 9.18 Å². The molecule has 0 radical (unpaired) electrons. The smallest absolute Gasteiger partial charge is 0.252 e. The Labute approximate surface area is 107 Å². The fourth-order valence-electron chi connectivity index (χ4n) is 1.38. The van der Waals surface area contributed by atoms with E-state index in [1.807, 2.05) is 0 Å². The van der Waals surface area contributed by atoms with Gasteiger partial charge in [0.25, 0.3) is 5.91 Å². The number of nitrogens with two attached hydrogens (primary N) is 2. The van der Waals surface area contributed by atoms with Crippen molar-refractivity contribution in [3.05, 3.63) is 35.7 Å². The van der Waals surface area contributed by atoms with E-state index in [1.54, 1.807) is 6.92 Å². The molecule has 0 aliphatic carbocycles. The van der Waals surface area contributed by atoms with Gasteiger partial charge < -0.3 is 16.8 Å². The Balaban J connectivity index is 2.41. The first kappa shape index (κ1) is 12.7. The highest BCUT2D eigenvalue weighted by Crippen LogP contribution is 2.21. The van der Waals surface area contributed by atoms with Gasteiger partial charge in [-0.05, 0) is 13.0 Å². The molecule has 2 aromatic rings. The molecule has 2 heterocycles. The molecule has 2 rings (SSSR count). The molecule has 2 aromatic heterocycles. The minimum atomic E-state index is -0.818. The van der Waals surface area contributed by atoms with Crippen LogP contribution in [0.2, 0.25) is 0 Å². The molecule has 0 saturated heterocycles. The van der Waals surface area contributed by atoms with E-state index in [1.165, 1.54) is 12.4 Å². The van der Waals surface area contributed by atoms with Gasteiger partial charge >= 0.3 is 0 Å². The zero-order valence-electron chi connectivity index (χ0n) is 10.0. The number of halogens is 1. The van der Waals surface area contributed by atoms with Gasteiger partial charge in [0.1, 0.15) is 11.6 Å². The minimum absolute atomic E-state index is 0.0545. The number of amides is 1. The van der Waals surface area contributed by atoms with Crippen molar-refractivity contribution in [3.8, 4) is 0 Å². The van der Waals surface area contributed by atoms with E-state index in [2.05, 4.69) is 20.3 Å². The lowest BCUT2D eigenvalue weighted by Crippen LogP contribution is -2.16. The van der Waals surface area contributed by atoms with E-state index in [4.69, 9.17) is 11.5 Å². The lowest BCUT2D eigenvalue weighted by molar-refractivity contribution is 0.100. The summed E-state index contributed by atoms with van der Waals surface area (Å²) in [6.07, 6.45) is 2.99. The van der Waals surface area contributed by atoms with Crippen LogP contribution >= 0.6 is 0 Å². The van der Waals surface area contributed by atoms with Crippen LogP contribution in [0.4, 0.5) is 21.7 Å². The molecule has 0 atom stereocenters. The van der Waals surface area contributed by atoms with Crippen molar-refractivity contribution in [2.24, 2.45) is 5.73 Å². The topological polar surface area (TPSA) is 120 Å².